The predicted molar refractivity (Wildman–Crippen MR) is 91.0 cm³/mol. The van der Waals surface area contributed by atoms with E-state index < -0.39 is 0 Å². The predicted octanol–water partition coefficient (Wildman–Crippen LogP) is 5.01. The quantitative estimate of drug-likeness (QED) is 0.770. The van der Waals surface area contributed by atoms with Gasteiger partial charge in [-0.05, 0) is 37.1 Å². The third-order valence-corrected chi connectivity index (χ3v) is 5.50. The topological polar surface area (TPSA) is 21.3 Å². The Morgan fingerprint density at radius 1 is 1.24 bits per heavy atom. The summed E-state index contributed by atoms with van der Waals surface area (Å²) in [6.45, 7) is 0.832. The van der Waals surface area contributed by atoms with Gasteiger partial charge in [-0.3, -0.25) is 0 Å². The van der Waals surface area contributed by atoms with Gasteiger partial charge < -0.3 is 10.1 Å². The lowest BCUT2D eigenvalue weighted by Crippen LogP contribution is -2.20. The Hall–Kier alpha value is -0.540. The van der Waals surface area contributed by atoms with Crippen molar-refractivity contribution in [1.29, 1.82) is 0 Å². The van der Waals surface area contributed by atoms with Gasteiger partial charge in [0.25, 0.3) is 0 Å². The fourth-order valence-electron chi connectivity index (χ4n) is 3.89. The molecule has 0 aromatic heterocycles. The summed E-state index contributed by atoms with van der Waals surface area (Å²) >= 11 is 3.67. The van der Waals surface area contributed by atoms with Crippen LogP contribution in [0, 0.1) is 5.92 Å². The molecule has 1 aliphatic carbocycles. The Bertz CT molecular complexity index is 480. The second-order valence-electron chi connectivity index (χ2n) is 6.52. The lowest BCUT2D eigenvalue weighted by atomic mass is 9.88. The summed E-state index contributed by atoms with van der Waals surface area (Å²) in [7, 11) is 2.09. The third kappa shape index (κ3) is 3.62. The molecule has 0 radical (unpaired) electrons. The van der Waals surface area contributed by atoms with Crippen LogP contribution in [0.3, 0.4) is 0 Å². The molecule has 1 atom stereocenters. The third-order valence-electron chi connectivity index (χ3n) is 5.04. The van der Waals surface area contributed by atoms with Crippen LogP contribution in [0.15, 0.2) is 16.6 Å². The van der Waals surface area contributed by atoms with E-state index >= 15 is 0 Å². The van der Waals surface area contributed by atoms with Crippen LogP contribution < -0.4 is 10.1 Å². The number of fused-ring (bicyclic) bond motifs is 1. The fraction of sp³-hybridized carbons (Fsp3) is 0.667. The Kier molecular flexibility index (Phi) is 5.23. The van der Waals surface area contributed by atoms with E-state index in [9.17, 15) is 0 Å². The Balaban J connectivity index is 1.79. The average molecular weight is 352 g/mol. The minimum absolute atomic E-state index is 0.414. The van der Waals surface area contributed by atoms with Gasteiger partial charge in [-0.25, -0.2) is 0 Å². The molecule has 2 aliphatic rings. The minimum atomic E-state index is 0.414. The molecule has 1 N–H and O–H groups in total. The van der Waals surface area contributed by atoms with Crippen LogP contribution in [0.2, 0.25) is 0 Å². The Morgan fingerprint density at radius 2 is 2.00 bits per heavy atom. The number of halogens is 1. The van der Waals surface area contributed by atoms with E-state index in [-0.39, 0.29) is 0 Å². The van der Waals surface area contributed by atoms with Crippen molar-refractivity contribution in [2.24, 2.45) is 5.92 Å². The lowest BCUT2D eigenvalue weighted by molar-refractivity contribution is 0.333. The minimum Gasteiger partial charge on any atom is -0.493 e. The maximum Gasteiger partial charge on any atom is 0.127 e. The van der Waals surface area contributed by atoms with Crippen LogP contribution in [0.5, 0.6) is 5.75 Å². The summed E-state index contributed by atoms with van der Waals surface area (Å²) < 4.78 is 7.10. The smallest absolute Gasteiger partial charge is 0.127 e. The Labute approximate surface area is 136 Å². The molecule has 0 bridgehead atoms. The molecule has 1 aromatic carbocycles. The highest BCUT2D eigenvalue weighted by Crippen LogP contribution is 2.39. The van der Waals surface area contributed by atoms with Gasteiger partial charge in [0, 0.05) is 22.5 Å². The molecule has 0 spiro atoms. The van der Waals surface area contributed by atoms with Crippen molar-refractivity contribution in [3.8, 4) is 5.75 Å². The van der Waals surface area contributed by atoms with Gasteiger partial charge in [0.05, 0.1) is 6.61 Å². The summed E-state index contributed by atoms with van der Waals surface area (Å²) in [4.78, 5) is 0. The number of ether oxygens (including phenoxy) is 1. The highest BCUT2D eigenvalue weighted by molar-refractivity contribution is 9.10. The van der Waals surface area contributed by atoms with Crippen molar-refractivity contribution < 1.29 is 4.74 Å². The molecule has 3 rings (SSSR count). The van der Waals surface area contributed by atoms with E-state index in [4.69, 9.17) is 4.74 Å². The number of hydrogen-bond acceptors (Lipinski definition) is 2. The van der Waals surface area contributed by atoms with Crippen molar-refractivity contribution in [1.82, 2.24) is 5.32 Å². The van der Waals surface area contributed by atoms with Gasteiger partial charge in [-0.2, -0.15) is 0 Å². The molecule has 0 saturated heterocycles. The highest BCUT2D eigenvalue weighted by Gasteiger charge is 2.25. The van der Waals surface area contributed by atoms with E-state index in [1.165, 1.54) is 60.5 Å². The molecule has 3 heteroatoms. The van der Waals surface area contributed by atoms with Gasteiger partial charge in [0.15, 0.2) is 0 Å². The number of rotatable bonds is 4. The van der Waals surface area contributed by atoms with Gasteiger partial charge in [0.2, 0.25) is 0 Å². The van der Waals surface area contributed by atoms with Crippen LogP contribution in [0.1, 0.15) is 62.1 Å². The molecule has 1 aromatic rings. The molecule has 1 saturated carbocycles. The van der Waals surface area contributed by atoms with Gasteiger partial charge in [-0.1, -0.05) is 54.5 Å². The van der Waals surface area contributed by atoms with Crippen molar-refractivity contribution in [2.45, 2.75) is 57.4 Å². The maximum atomic E-state index is 5.92. The first-order chi connectivity index (χ1) is 10.3. The zero-order chi connectivity index (χ0) is 14.7. The number of nitrogens with one attached hydrogen (secondary N) is 1. The van der Waals surface area contributed by atoms with E-state index in [2.05, 4.69) is 40.4 Å². The summed E-state index contributed by atoms with van der Waals surface area (Å²) in [5, 5.41) is 3.54. The molecule has 1 heterocycles. The van der Waals surface area contributed by atoms with Crippen LogP contribution in [-0.2, 0) is 6.42 Å². The largest absolute Gasteiger partial charge is 0.493 e. The second kappa shape index (κ2) is 7.15. The first-order valence-corrected chi connectivity index (χ1v) is 9.19. The molecular formula is C18H26BrNO. The monoisotopic (exact) mass is 351 g/mol. The van der Waals surface area contributed by atoms with Crippen molar-refractivity contribution in [2.75, 3.05) is 13.7 Å². The molecule has 1 unspecified atom stereocenters. The van der Waals surface area contributed by atoms with Crippen molar-refractivity contribution in [3.63, 3.8) is 0 Å². The van der Waals surface area contributed by atoms with Crippen molar-refractivity contribution >= 4 is 15.9 Å². The second-order valence-corrected chi connectivity index (χ2v) is 7.43. The fourth-order valence-corrected chi connectivity index (χ4v) is 4.41. The zero-order valence-corrected chi connectivity index (χ0v) is 14.5. The number of benzene rings is 1. The lowest BCUT2D eigenvalue weighted by Gasteiger charge is -2.24. The van der Waals surface area contributed by atoms with Crippen LogP contribution in [0.4, 0.5) is 0 Å². The van der Waals surface area contributed by atoms with E-state index in [1.807, 2.05) is 0 Å². The molecule has 1 fully saturated rings. The zero-order valence-electron chi connectivity index (χ0n) is 13.0. The molecule has 1 aliphatic heterocycles. The summed E-state index contributed by atoms with van der Waals surface area (Å²) in [5.74, 6) is 2.01. The molecule has 21 heavy (non-hydrogen) atoms. The van der Waals surface area contributed by atoms with Crippen LogP contribution in [-0.4, -0.2) is 13.7 Å². The van der Waals surface area contributed by atoms with Crippen molar-refractivity contribution in [3.05, 3.63) is 27.7 Å². The maximum absolute atomic E-state index is 5.92. The summed E-state index contributed by atoms with van der Waals surface area (Å²) in [6.07, 6.45) is 10.8. The SMILES string of the molecule is CNC(CC1CCCCCC1)c1cc(Br)cc2c1OCC2. The van der Waals surface area contributed by atoms with E-state index in [0.717, 1.165) is 24.7 Å². The average Bonchev–Trinajstić information content (AvgIpc) is 2.79. The van der Waals surface area contributed by atoms with E-state index in [0.29, 0.717) is 6.04 Å². The first-order valence-electron chi connectivity index (χ1n) is 8.40. The number of hydrogen-bond donors (Lipinski definition) is 1. The molecular weight excluding hydrogens is 326 g/mol. The normalized spacial score (nSPS) is 20.7. The van der Waals surface area contributed by atoms with Crippen LogP contribution >= 0.6 is 15.9 Å². The Morgan fingerprint density at radius 3 is 2.71 bits per heavy atom. The first kappa shape index (κ1) is 15.4. The molecule has 2 nitrogen and oxygen atoms in total. The standard InChI is InChI=1S/C18H26BrNO/c1-20-17(10-13-6-4-2-3-5-7-13)16-12-15(19)11-14-8-9-21-18(14)16/h11-13,17,20H,2-10H2,1H3. The van der Waals surface area contributed by atoms with Gasteiger partial charge in [-0.15, -0.1) is 0 Å². The highest BCUT2D eigenvalue weighted by atomic mass is 79.9. The molecule has 0 amide bonds. The summed E-state index contributed by atoms with van der Waals surface area (Å²) in [6, 6.07) is 4.88. The van der Waals surface area contributed by atoms with Gasteiger partial charge >= 0.3 is 0 Å². The summed E-state index contributed by atoms with van der Waals surface area (Å²) in [5.41, 5.74) is 2.71. The van der Waals surface area contributed by atoms with E-state index in [1.54, 1.807) is 0 Å². The molecule has 116 valence electrons. The van der Waals surface area contributed by atoms with Crippen LogP contribution in [0.25, 0.3) is 0 Å². The van der Waals surface area contributed by atoms with Gasteiger partial charge in [0.1, 0.15) is 5.75 Å².